The Morgan fingerprint density at radius 3 is 2.88 bits per heavy atom. The van der Waals surface area contributed by atoms with Gasteiger partial charge in [0.05, 0.1) is 0 Å². The van der Waals surface area contributed by atoms with Gasteiger partial charge in [-0.1, -0.05) is 30.3 Å². The normalized spacial score (nSPS) is 27.6. The Morgan fingerprint density at radius 2 is 2.12 bits per heavy atom. The van der Waals surface area contributed by atoms with Crippen LogP contribution >= 0.6 is 0 Å². The van der Waals surface area contributed by atoms with Gasteiger partial charge in [-0.25, -0.2) is 4.39 Å². The van der Waals surface area contributed by atoms with Crippen LogP contribution in [0.5, 0.6) is 0 Å². The maximum atomic E-state index is 14.0. The van der Waals surface area contributed by atoms with Crippen molar-refractivity contribution in [2.24, 2.45) is 0 Å². The topological polar surface area (TPSA) is 15.3 Å². The number of hydrogen-bond donors (Lipinski definition) is 1. The highest BCUT2D eigenvalue weighted by molar-refractivity contribution is 5.14. The van der Waals surface area contributed by atoms with Gasteiger partial charge in [0.25, 0.3) is 0 Å². The van der Waals surface area contributed by atoms with Crippen molar-refractivity contribution < 1.29 is 4.39 Å². The monoisotopic (exact) mass is 222 g/mol. The van der Waals surface area contributed by atoms with E-state index in [1.807, 2.05) is 18.2 Å². The molecule has 1 aliphatic rings. The molecule has 1 aromatic carbocycles. The smallest absolute Gasteiger partial charge is 0.133 e. The van der Waals surface area contributed by atoms with Crippen LogP contribution in [0.15, 0.2) is 30.3 Å². The van der Waals surface area contributed by atoms with Crippen LogP contribution in [0.4, 0.5) is 4.39 Å². The minimum atomic E-state index is -1.12. The van der Waals surface area contributed by atoms with Crippen LogP contribution in [0.25, 0.3) is 0 Å². The summed E-state index contributed by atoms with van der Waals surface area (Å²) in [4.78, 5) is 2.18. The summed E-state index contributed by atoms with van der Waals surface area (Å²) in [5, 5.41) is 3.14. The Balaban J connectivity index is 1.98. The third kappa shape index (κ3) is 3.29. The lowest BCUT2D eigenvalue weighted by Gasteiger charge is -2.25. The van der Waals surface area contributed by atoms with Gasteiger partial charge in [-0.3, -0.25) is 4.90 Å². The number of nitrogens with zero attached hydrogens (tertiary/aromatic N) is 1. The zero-order valence-corrected chi connectivity index (χ0v) is 9.75. The molecule has 0 saturated carbocycles. The van der Waals surface area contributed by atoms with Crippen molar-refractivity contribution >= 4 is 0 Å². The maximum absolute atomic E-state index is 14.0. The van der Waals surface area contributed by atoms with E-state index in [2.05, 4.69) is 22.3 Å². The van der Waals surface area contributed by atoms with Crippen molar-refractivity contribution in [1.82, 2.24) is 10.2 Å². The molecule has 0 radical (unpaired) electrons. The predicted molar refractivity (Wildman–Crippen MR) is 64.1 cm³/mol. The van der Waals surface area contributed by atoms with Gasteiger partial charge in [-0.15, -0.1) is 0 Å². The van der Waals surface area contributed by atoms with Gasteiger partial charge in [-0.2, -0.15) is 0 Å². The van der Waals surface area contributed by atoms with E-state index in [0.29, 0.717) is 13.1 Å². The van der Waals surface area contributed by atoms with Crippen LogP contribution in [0.3, 0.4) is 0 Å². The van der Waals surface area contributed by atoms with Crippen LogP contribution < -0.4 is 5.32 Å². The first-order valence-corrected chi connectivity index (χ1v) is 5.82. The maximum Gasteiger partial charge on any atom is 0.133 e. The second-order valence-electron chi connectivity index (χ2n) is 4.79. The van der Waals surface area contributed by atoms with Crippen LogP contribution in [0.2, 0.25) is 0 Å². The number of alkyl halides is 1. The Kier molecular flexibility index (Phi) is 3.56. The van der Waals surface area contributed by atoms with Crippen molar-refractivity contribution in [2.75, 3.05) is 26.2 Å². The molecular weight excluding hydrogens is 203 g/mol. The molecule has 0 aliphatic carbocycles. The molecule has 88 valence electrons. The van der Waals surface area contributed by atoms with Crippen molar-refractivity contribution in [3.05, 3.63) is 35.9 Å². The van der Waals surface area contributed by atoms with Crippen LogP contribution in [-0.2, 0) is 6.54 Å². The zero-order valence-electron chi connectivity index (χ0n) is 9.75. The Bertz CT molecular complexity index is 324. The summed E-state index contributed by atoms with van der Waals surface area (Å²) >= 11 is 0. The first-order chi connectivity index (χ1) is 7.66. The number of rotatable bonds is 2. The molecule has 1 aromatic rings. The molecule has 2 nitrogen and oxygen atoms in total. The molecule has 1 saturated heterocycles. The van der Waals surface area contributed by atoms with Crippen molar-refractivity contribution in [1.29, 1.82) is 0 Å². The van der Waals surface area contributed by atoms with E-state index in [9.17, 15) is 4.39 Å². The molecule has 0 bridgehead atoms. The molecule has 0 amide bonds. The van der Waals surface area contributed by atoms with Crippen molar-refractivity contribution in [2.45, 2.75) is 19.1 Å². The molecule has 1 aliphatic heterocycles. The molecule has 1 unspecified atom stereocenters. The molecular formula is C13H19FN2. The minimum Gasteiger partial charge on any atom is -0.312 e. The molecule has 2 rings (SSSR count). The molecule has 0 spiro atoms. The summed E-state index contributed by atoms with van der Waals surface area (Å²) in [6.45, 7) is 5.25. The minimum absolute atomic E-state index is 0.457. The fourth-order valence-corrected chi connectivity index (χ4v) is 2.16. The van der Waals surface area contributed by atoms with Gasteiger partial charge in [0.15, 0.2) is 0 Å². The average Bonchev–Trinajstić information content (AvgIpc) is 2.40. The lowest BCUT2D eigenvalue weighted by Crippen LogP contribution is -2.39. The quantitative estimate of drug-likeness (QED) is 0.821. The van der Waals surface area contributed by atoms with Crippen LogP contribution in [0, 0.1) is 0 Å². The summed E-state index contributed by atoms with van der Waals surface area (Å²) in [5.74, 6) is 0. The first kappa shape index (κ1) is 11.6. The lowest BCUT2D eigenvalue weighted by atomic mass is 10.1. The average molecular weight is 222 g/mol. The van der Waals surface area contributed by atoms with Crippen molar-refractivity contribution in [3.8, 4) is 0 Å². The second-order valence-corrected chi connectivity index (χ2v) is 4.79. The molecule has 1 fully saturated rings. The van der Waals surface area contributed by atoms with Gasteiger partial charge in [-0.05, 0) is 12.5 Å². The first-order valence-electron chi connectivity index (χ1n) is 5.82. The van der Waals surface area contributed by atoms with E-state index in [-0.39, 0.29) is 0 Å². The Labute approximate surface area is 96.5 Å². The molecule has 1 heterocycles. The van der Waals surface area contributed by atoms with Crippen molar-refractivity contribution in [3.63, 3.8) is 0 Å². The molecule has 1 N–H and O–H groups in total. The summed E-state index contributed by atoms with van der Waals surface area (Å²) in [5.41, 5.74) is 0.130. The van der Waals surface area contributed by atoms with E-state index in [1.54, 1.807) is 6.92 Å². The standard InChI is InChI=1S/C13H19FN2/c1-13(14)10-15-7-8-16(11-13)9-12-5-3-2-4-6-12/h2-6,15H,7-11H2,1H3. The number of hydrogen-bond acceptors (Lipinski definition) is 2. The molecule has 3 heteroatoms. The molecule has 0 aromatic heterocycles. The summed E-state index contributed by atoms with van der Waals surface area (Å²) in [7, 11) is 0. The third-order valence-corrected chi connectivity index (χ3v) is 2.90. The van der Waals surface area contributed by atoms with E-state index in [4.69, 9.17) is 0 Å². The fraction of sp³-hybridized carbons (Fsp3) is 0.538. The SMILES string of the molecule is CC1(F)CNCCN(Cc2ccccc2)C1. The summed E-state index contributed by atoms with van der Waals surface area (Å²) in [6, 6.07) is 10.2. The lowest BCUT2D eigenvalue weighted by molar-refractivity contribution is 0.126. The third-order valence-electron chi connectivity index (χ3n) is 2.90. The van der Waals surface area contributed by atoms with Gasteiger partial charge in [0.1, 0.15) is 5.67 Å². The highest BCUT2D eigenvalue weighted by atomic mass is 19.1. The van der Waals surface area contributed by atoms with E-state index < -0.39 is 5.67 Å². The van der Waals surface area contributed by atoms with Gasteiger partial charge < -0.3 is 5.32 Å². The van der Waals surface area contributed by atoms with Gasteiger partial charge in [0, 0.05) is 32.7 Å². The number of benzene rings is 1. The van der Waals surface area contributed by atoms with E-state index in [1.165, 1.54) is 5.56 Å². The van der Waals surface area contributed by atoms with Gasteiger partial charge in [0.2, 0.25) is 0 Å². The van der Waals surface area contributed by atoms with E-state index >= 15 is 0 Å². The number of nitrogens with one attached hydrogen (secondary N) is 1. The predicted octanol–water partition coefficient (Wildman–Crippen LogP) is 1.82. The fourth-order valence-electron chi connectivity index (χ4n) is 2.16. The van der Waals surface area contributed by atoms with Gasteiger partial charge >= 0.3 is 0 Å². The van der Waals surface area contributed by atoms with Crippen LogP contribution in [-0.4, -0.2) is 36.7 Å². The highest BCUT2D eigenvalue weighted by Gasteiger charge is 2.28. The number of halogens is 1. The summed E-state index contributed by atoms with van der Waals surface area (Å²) in [6.07, 6.45) is 0. The molecule has 1 atom stereocenters. The highest BCUT2D eigenvalue weighted by Crippen LogP contribution is 2.15. The van der Waals surface area contributed by atoms with E-state index in [0.717, 1.165) is 19.6 Å². The van der Waals surface area contributed by atoms with Crippen LogP contribution in [0.1, 0.15) is 12.5 Å². The second kappa shape index (κ2) is 4.93. The zero-order chi connectivity index (χ0) is 11.4. The molecule has 16 heavy (non-hydrogen) atoms. The summed E-state index contributed by atoms with van der Waals surface area (Å²) < 4.78 is 14.0. The Morgan fingerprint density at radius 1 is 1.38 bits per heavy atom. The Hall–Kier alpha value is -0.930. The largest absolute Gasteiger partial charge is 0.312 e.